The Hall–Kier alpha value is -1.63. The number of hydrogen-bond acceptors (Lipinski definition) is 10. The van der Waals surface area contributed by atoms with Crippen LogP contribution < -0.4 is 31.9 Å². The predicted octanol–water partition coefficient (Wildman–Crippen LogP) is -1.15. The summed E-state index contributed by atoms with van der Waals surface area (Å²) in [4.78, 5) is 11.6. The van der Waals surface area contributed by atoms with Crippen molar-refractivity contribution in [3.63, 3.8) is 0 Å². The Balaban J connectivity index is 1.71. The molecular weight excluding hydrogens is 412 g/mol. The number of hydrogen-bond donors (Lipinski definition) is 6. The minimum absolute atomic E-state index is 0.0487. The van der Waals surface area contributed by atoms with Crippen molar-refractivity contribution < 1.29 is 19.0 Å². The Bertz CT molecular complexity index is 538. The van der Waals surface area contributed by atoms with Gasteiger partial charge in [0.15, 0.2) is 0 Å². The molecule has 1 rings (SSSR count). The molecule has 0 unspecified atom stereocenters. The van der Waals surface area contributed by atoms with Gasteiger partial charge in [0.2, 0.25) is 0 Å². The molecule has 1 aromatic rings. The van der Waals surface area contributed by atoms with Gasteiger partial charge >= 0.3 is 5.97 Å². The van der Waals surface area contributed by atoms with Gasteiger partial charge in [0.25, 0.3) is 0 Å². The van der Waals surface area contributed by atoms with Crippen LogP contribution in [0.25, 0.3) is 0 Å². The fourth-order valence-electron chi connectivity index (χ4n) is 2.62. The summed E-state index contributed by atoms with van der Waals surface area (Å²) in [6.45, 7) is 10.3. The first kappa shape index (κ1) is 28.4. The molecule has 0 heterocycles. The summed E-state index contributed by atoms with van der Waals surface area (Å²) in [5.41, 5.74) is 0.964. The maximum atomic E-state index is 11.6. The summed E-state index contributed by atoms with van der Waals surface area (Å²) >= 11 is 0. The molecule has 0 bridgehead atoms. The lowest BCUT2D eigenvalue weighted by atomic mass is 10.2. The lowest BCUT2D eigenvalue weighted by Gasteiger charge is -2.09. The van der Waals surface area contributed by atoms with E-state index in [2.05, 4.69) is 31.9 Å². The Morgan fingerprint density at radius 3 is 1.66 bits per heavy atom. The monoisotopic (exact) mass is 454 g/mol. The fourth-order valence-corrected chi connectivity index (χ4v) is 2.62. The lowest BCUT2D eigenvalue weighted by Crippen LogP contribution is -2.37. The van der Waals surface area contributed by atoms with Crippen LogP contribution in [0, 0.1) is 0 Å². The average molecular weight is 455 g/mol. The summed E-state index contributed by atoms with van der Waals surface area (Å²) in [6, 6.07) is 9.59. The highest BCUT2D eigenvalue weighted by Gasteiger charge is 2.03. The molecule has 10 nitrogen and oxygen atoms in total. The minimum atomic E-state index is -0.360. The largest absolute Gasteiger partial charge is 0.459 e. The van der Waals surface area contributed by atoms with E-state index in [0.717, 1.165) is 71.0 Å². The summed E-state index contributed by atoms with van der Waals surface area (Å²) in [6.07, 6.45) is 0. The molecule has 0 saturated carbocycles. The van der Waals surface area contributed by atoms with Crippen molar-refractivity contribution in [2.75, 3.05) is 92.6 Å². The Morgan fingerprint density at radius 2 is 1.16 bits per heavy atom. The zero-order valence-electron chi connectivity index (χ0n) is 19.4. The average Bonchev–Trinajstić information content (AvgIpc) is 2.82. The minimum Gasteiger partial charge on any atom is -0.459 e. The summed E-state index contributed by atoms with van der Waals surface area (Å²) in [5, 5.41) is 19.8. The van der Waals surface area contributed by atoms with Crippen molar-refractivity contribution in [3.8, 4) is 0 Å². The first-order valence-electron chi connectivity index (χ1n) is 11.3. The molecule has 10 heteroatoms. The Labute approximate surface area is 192 Å². The molecule has 0 fully saturated rings. The maximum Gasteiger partial charge on any atom is 0.332 e. The maximum absolute atomic E-state index is 11.6. The second kappa shape index (κ2) is 22.6. The fraction of sp³-hybridized carbons (Fsp3) is 0.682. The lowest BCUT2D eigenvalue weighted by molar-refractivity contribution is -0.150. The van der Waals surface area contributed by atoms with Crippen molar-refractivity contribution in [1.82, 2.24) is 31.9 Å². The standard InChI is InChI=1S/C22H42N6O4/c1-30-19-27-15-13-25-11-9-23-7-8-24-10-12-26-14-16-28-20-31-18-22(29)32-17-21-5-3-2-4-6-21/h2-6,23-28H,7-20H2,1H3. The van der Waals surface area contributed by atoms with Crippen molar-refractivity contribution in [2.24, 2.45) is 0 Å². The van der Waals surface area contributed by atoms with Crippen LogP contribution in [0.5, 0.6) is 0 Å². The van der Waals surface area contributed by atoms with E-state index in [1.807, 2.05) is 30.3 Å². The molecule has 0 aliphatic rings. The molecule has 0 saturated heterocycles. The Kier molecular flexibility index (Phi) is 20.0. The first-order chi connectivity index (χ1) is 15.8. The van der Waals surface area contributed by atoms with Crippen LogP contribution in [-0.4, -0.2) is 98.6 Å². The van der Waals surface area contributed by atoms with Crippen LogP contribution >= 0.6 is 0 Å². The van der Waals surface area contributed by atoms with E-state index >= 15 is 0 Å². The molecule has 0 aliphatic heterocycles. The van der Waals surface area contributed by atoms with Crippen molar-refractivity contribution in [1.29, 1.82) is 0 Å². The number of benzene rings is 1. The number of esters is 1. The van der Waals surface area contributed by atoms with Gasteiger partial charge in [-0.15, -0.1) is 0 Å². The molecule has 0 aromatic heterocycles. The molecule has 6 N–H and O–H groups in total. The second-order valence-electron chi connectivity index (χ2n) is 7.07. The number of carbonyl (C=O) groups is 1. The van der Waals surface area contributed by atoms with Crippen molar-refractivity contribution >= 4 is 5.97 Å². The molecular formula is C22H42N6O4. The first-order valence-corrected chi connectivity index (χ1v) is 11.3. The molecule has 184 valence electrons. The number of methoxy groups -OCH3 is 1. The van der Waals surface area contributed by atoms with Gasteiger partial charge in [-0.05, 0) is 5.56 Å². The third-order valence-electron chi connectivity index (χ3n) is 4.31. The van der Waals surface area contributed by atoms with E-state index in [9.17, 15) is 4.79 Å². The molecule has 0 amide bonds. The van der Waals surface area contributed by atoms with Gasteiger partial charge < -0.3 is 35.5 Å². The highest BCUT2D eigenvalue weighted by molar-refractivity contribution is 5.70. The molecule has 32 heavy (non-hydrogen) atoms. The zero-order valence-corrected chi connectivity index (χ0v) is 19.4. The van der Waals surface area contributed by atoms with Crippen molar-refractivity contribution in [2.45, 2.75) is 6.61 Å². The summed E-state index contributed by atoms with van der Waals surface area (Å²) in [7, 11) is 1.68. The van der Waals surface area contributed by atoms with Gasteiger partial charge in [0, 0.05) is 72.6 Å². The second-order valence-corrected chi connectivity index (χ2v) is 7.07. The molecule has 1 aromatic carbocycles. The van der Waals surface area contributed by atoms with Gasteiger partial charge in [0.1, 0.15) is 13.2 Å². The van der Waals surface area contributed by atoms with Crippen LogP contribution in [-0.2, 0) is 25.6 Å². The smallest absolute Gasteiger partial charge is 0.332 e. The van der Waals surface area contributed by atoms with Crippen LogP contribution in [0.2, 0.25) is 0 Å². The topological polar surface area (TPSA) is 117 Å². The molecule has 0 spiro atoms. The van der Waals surface area contributed by atoms with E-state index in [-0.39, 0.29) is 19.2 Å². The highest BCUT2D eigenvalue weighted by atomic mass is 16.6. The third kappa shape index (κ3) is 19.1. The highest BCUT2D eigenvalue weighted by Crippen LogP contribution is 2.00. The number of nitrogens with one attached hydrogen (secondary N) is 6. The van der Waals surface area contributed by atoms with Gasteiger partial charge in [-0.3, -0.25) is 10.6 Å². The van der Waals surface area contributed by atoms with Gasteiger partial charge in [0.05, 0.1) is 13.5 Å². The van der Waals surface area contributed by atoms with E-state index in [1.54, 1.807) is 7.11 Å². The van der Waals surface area contributed by atoms with E-state index in [0.29, 0.717) is 13.5 Å². The van der Waals surface area contributed by atoms with Crippen LogP contribution in [0.4, 0.5) is 0 Å². The third-order valence-corrected chi connectivity index (χ3v) is 4.31. The van der Waals surface area contributed by atoms with Gasteiger partial charge in [-0.25, -0.2) is 4.79 Å². The number of rotatable bonds is 23. The van der Waals surface area contributed by atoms with Crippen LogP contribution in [0.15, 0.2) is 30.3 Å². The van der Waals surface area contributed by atoms with Crippen molar-refractivity contribution in [3.05, 3.63) is 35.9 Å². The SMILES string of the molecule is COCNCCNCCNCCNCCNCCNCOCC(=O)OCc1ccccc1. The quantitative estimate of drug-likeness (QED) is 0.0687. The molecule has 0 radical (unpaired) electrons. The number of ether oxygens (including phenoxy) is 3. The Morgan fingerprint density at radius 1 is 0.688 bits per heavy atom. The number of carbonyl (C=O) groups excluding carboxylic acids is 1. The van der Waals surface area contributed by atoms with E-state index in [1.165, 1.54) is 0 Å². The van der Waals surface area contributed by atoms with Crippen LogP contribution in [0.3, 0.4) is 0 Å². The predicted molar refractivity (Wildman–Crippen MR) is 126 cm³/mol. The summed E-state index contributed by atoms with van der Waals surface area (Å²) in [5.74, 6) is -0.360. The molecule has 0 atom stereocenters. The van der Waals surface area contributed by atoms with Gasteiger partial charge in [-0.1, -0.05) is 30.3 Å². The normalized spacial score (nSPS) is 11.0. The zero-order chi connectivity index (χ0) is 23.0. The van der Waals surface area contributed by atoms with E-state index in [4.69, 9.17) is 14.2 Å². The van der Waals surface area contributed by atoms with E-state index < -0.39 is 0 Å². The molecule has 0 aliphatic carbocycles. The van der Waals surface area contributed by atoms with Gasteiger partial charge in [-0.2, -0.15) is 0 Å². The van der Waals surface area contributed by atoms with Crippen LogP contribution in [0.1, 0.15) is 5.56 Å². The summed E-state index contributed by atoms with van der Waals surface area (Å²) < 4.78 is 15.3.